The Hall–Kier alpha value is -2.82. The predicted molar refractivity (Wildman–Crippen MR) is 113 cm³/mol. The Balaban J connectivity index is 2.39. The van der Waals surface area contributed by atoms with Gasteiger partial charge in [-0.2, -0.15) is 5.10 Å². The number of alkyl halides is 2. The van der Waals surface area contributed by atoms with Crippen molar-refractivity contribution in [2.24, 2.45) is 0 Å². The summed E-state index contributed by atoms with van der Waals surface area (Å²) >= 11 is 0.966. The van der Waals surface area contributed by atoms with Gasteiger partial charge in [0.2, 0.25) is 5.91 Å². The van der Waals surface area contributed by atoms with Crippen LogP contribution in [0.5, 0.6) is 0 Å². The largest absolute Gasteiger partial charge is 0.462 e. The van der Waals surface area contributed by atoms with Gasteiger partial charge in [-0.15, -0.1) is 11.3 Å². The van der Waals surface area contributed by atoms with E-state index in [0.29, 0.717) is 22.6 Å². The van der Waals surface area contributed by atoms with Crippen molar-refractivity contribution in [1.82, 2.24) is 14.7 Å². The summed E-state index contributed by atoms with van der Waals surface area (Å²) in [5.41, 5.74) is 0.482. The van der Waals surface area contributed by atoms with Crippen molar-refractivity contribution in [3.8, 4) is 0 Å². The number of aromatic nitrogens is 2. The van der Waals surface area contributed by atoms with E-state index in [2.05, 4.69) is 10.4 Å². The molecule has 2 rings (SSSR count). The zero-order valence-electron chi connectivity index (χ0n) is 18.3. The van der Waals surface area contributed by atoms with Crippen molar-refractivity contribution < 1.29 is 27.9 Å². The average Bonchev–Trinajstić information content (AvgIpc) is 3.25. The number of ether oxygens (including phenoxy) is 1. The van der Waals surface area contributed by atoms with Gasteiger partial charge in [-0.1, -0.05) is 6.92 Å². The van der Waals surface area contributed by atoms with Crippen LogP contribution in [0.25, 0.3) is 0 Å². The SMILES string of the molecule is CCCOC(=O)c1c(NC(=O)C(C)n2nc(C(F)F)cc2C)sc(C(=O)N(C)C)c1C. The Kier molecular flexibility index (Phi) is 7.88. The molecular formula is C20H26F2N4O4S. The molecule has 170 valence electrons. The Bertz CT molecular complexity index is 984. The van der Waals surface area contributed by atoms with E-state index in [4.69, 9.17) is 4.74 Å². The van der Waals surface area contributed by atoms with Gasteiger partial charge in [-0.05, 0) is 38.8 Å². The van der Waals surface area contributed by atoms with Crippen LogP contribution in [-0.4, -0.2) is 53.2 Å². The smallest absolute Gasteiger partial charge is 0.341 e. The van der Waals surface area contributed by atoms with Gasteiger partial charge in [-0.3, -0.25) is 14.3 Å². The first kappa shape index (κ1) is 24.4. The number of rotatable bonds is 8. The number of halogens is 2. The fourth-order valence-electron chi connectivity index (χ4n) is 2.86. The molecule has 0 aromatic carbocycles. The molecule has 8 nitrogen and oxygen atoms in total. The number of hydrogen-bond donors (Lipinski definition) is 1. The quantitative estimate of drug-likeness (QED) is 0.607. The molecule has 1 N–H and O–H groups in total. The van der Waals surface area contributed by atoms with Crippen molar-refractivity contribution in [3.63, 3.8) is 0 Å². The van der Waals surface area contributed by atoms with Gasteiger partial charge in [0.1, 0.15) is 16.7 Å². The van der Waals surface area contributed by atoms with E-state index >= 15 is 0 Å². The Morgan fingerprint density at radius 3 is 2.45 bits per heavy atom. The van der Waals surface area contributed by atoms with E-state index in [0.717, 1.165) is 11.3 Å². The van der Waals surface area contributed by atoms with E-state index in [1.165, 1.54) is 22.6 Å². The minimum Gasteiger partial charge on any atom is -0.462 e. The van der Waals surface area contributed by atoms with Gasteiger partial charge in [0.15, 0.2) is 0 Å². The van der Waals surface area contributed by atoms with Crippen LogP contribution in [0.2, 0.25) is 0 Å². The van der Waals surface area contributed by atoms with Gasteiger partial charge < -0.3 is 15.0 Å². The highest BCUT2D eigenvalue weighted by atomic mass is 32.1. The van der Waals surface area contributed by atoms with Gasteiger partial charge in [0.05, 0.1) is 17.0 Å². The second-order valence-electron chi connectivity index (χ2n) is 7.22. The zero-order valence-corrected chi connectivity index (χ0v) is 19.1. The summed E-state index contributed by atoms with van der Waals surface area (Å²) < 4.78 is 32.3. The lowest BCUT2D eigenvalue weighted by Gasteiger charge is -2.14. The summed E-state index contributed by atoms with van der Waals surface area (Å²) in [5, 5.41) is 6.61. The monoisotopic (exact) mass is 456 g/mol. The standard InChI is InChI=1S/C20H26F2N4O4S/c1-7-8-30-20(29)14-11(3)15(19(28)25(5)6)31-18(14)23-17(27)12(4)26-10(2)9-13(24-26)16(21)22/h9,12,16H,7-8H2,1-6H3,(H,23,27). The van der Waals surface area contributed by atoms with Crippen LogP contribution >= 0.6 is 11.3 Å². The first-order valence-electron chi connectivity index (χ1n) is 9.66. The lowest BCUT2D eigenvalue weighted by atomic mass is 10.1. The van der Waals surface area contributed by atoms with Crippen LogP contribution in [0.3, 0.4) is 0 Å². The number of hydrogen-bond acceptors (Lipinski definition) is 6. The number of nitrogens with one attached hydrogen (secondary N) is 1. The van der Waals surface area contributed by atoms with E-state index in [-0.39, 0.29) is 23.1 Å². The molecule has 0 bridgehead atoms. The molecule has 0 aliphatic heterocycles. The number of anilines is 1. The number of carbonyl (C=O) groups excluding carboxylic acids is 3. The lowest BCUT2D eigenvalue weighted by molar-refractivity contribution is -0.119. The van der Waals surface area contributed by atoms with Crippen LogP contribution in [0, 0.1) is 13.8 Å². The van der Waals surface area contributed by atoms with Crippen molar-refractivity contribution in [3.05, 3.63) is 33.5 Å². The third kappa shape index (κ3) is 5.27. The van der Waals surface area contributed by atoms with E-state index in [9.17, 15) is 23.2 Å². The summed E-state index contributed by atoms with van der Waals surface area (Å²) in [7, 11) is 3.16. The van der Waals surface area contributed by atoms with Crippen LogP contribution in [0.4, 0.5) is 13.8 Å². The molecule has 1 unspecified atom stereocenters. The molecule has 0 radical (unpaired) electrons. The Morgan fingerprint density at radius 2 is 1.94 bits per heavy atom. The summed E-state index contributed by atoms with van der Waals surface area (Å²) in [4.78, 5) is 39.6. The molecule has 0 saturated heterocycles. The molecule has 0 aliphatic carbocycles. The Morgan fingerprint density at radius 1 is 1.29 bits per heavy atom. The minimum atomic E-state index is -2.75. The normalized spacial score (nSPS) is 12.0. The maximum atomic E-state index is 12.9. The predicted octanol–water partition coefficient (Wildman–Crippen LogP) is 3.97. The lowest BCUT2D eigenvalue weighted by Crippen LogP contribution is -2.25. The minimum absolute atomic E-state index is 0.106. The van der Waals surface area contributed by atoms with E-state index in [1.807, 2.05) is 6.92 Å². The van der Waals surface area contributed by atoms with Gasteiger partial charge in [0, 0.05) is 19.8 Å². The highest BCUT2D eigenvalue weighted by Gasteiger charge is 2.29. The highest BCUT2D eigenvalue weighted by Crippen LogP contribution is 2.35. The molecule has 11 heteroatoms. The molecule has 0 aliphatic rings. The molecule has 2 heterocycles. The Labute approximate surface area is 183 Å². The molecular weight excluding hydrogens is 430 g/mol. The molecule has 2 aromatic rings. The van der Waals surface area contributed by atoms with Crippen molar-refractivity contribution in [2.75, 3.05) is 26.0 Å². The van der Waals surface area contributed by atoms with Crippen molar-refractivity contribution in [1.29, 1.82) is 0 Å². The average molecular weight is 457 g/mol. The molecule has 1 atom stereocenters. The number of thiophene rings is 1. The number of carbonyl (C=O) groups is 3. The van der Waals surface area contributed by atoms with Crippen LogP contribution < -0.4 is 5.32 Å². The van der Waals surface area contributed by atoms with Crippen molar-refractivity contribution >= 4 is 34.1 Å². The first-order valence-corrected chi connectivity index (χ1v) is 10.5. The fraction of sp³-hybridized carbons (Fsp3) is 0.500. The van der Waals surface area contributed by atoms with Gasteiger partial charge in [-0.25, -0.2) is 13.6 Å². The number of amides is 2. The van der Waals surface area contributed by atoms with Crippen LogP contribution in [0.15, 0.2) is 6.07 Å². The summed E-state index contributed by atoms with van der Waals surface area (Å²) in [6, 6.07) is 0.285. The summed E-state index contributed by atoms with van der Waals surface area (Å²) in [6.07, 6.45) is -2.14. The highest BCUT2D eigenvalue weighted by molar-refractivity contribution is 7.18. The summed E-state index contributed by atoms with van der Waals surface area (Å²) in [6.45, 7) is 6.73. The molecule has 0 spiro atoms. The van der Waals surface area contributed by atoms with E-state index in [1.54, 1.807) is 27.9 Å². The van der Waals surface area contributed by atoms with Gasteiger partial charge >= 0.3 is 5.97 Å². The molecule has 0 saturated carbocycles. The topological polar surface area (TPSA) is 93.5 Å². The molecule has 0 fully saturated rings. The molecule has 31 heavy (non-hydrogen) atoms. The third-order valence-corrected chi connectivity index (χ3v) is 5.73. The van der Waals surface area contributed by atoms with Crippen molar-refractivity contribution in [2.45, 2.75) is 46.6 Å². The maximum absolute atomic E-state index is 12.9. The number of aryl methyl sites for hydroxylation is 1. The summed E-state index contributed by atoms with van der Waals surface area (Å²) in [5.74, 6) is -1.53. The maximum Gasteiger partial charge on any atom is 0.341 e. The second-order valence-corrected chi connectivity index (χ2v) is 8.24. The molecule has 2 aromatic heterocycles. The third-order valence-electron chi connectivity index (χ3n) is 4.54. The van der Waals surface area contributed by atoms with Crippen LogP contribution in [0.1, 0.15) is 69.7 Å². The second kappa shape index (κ2) is 9.99. The first-order chi connectivity index (χ1) is 14.5. The van der Waals surface area contributed by atoms with Gasteiger partial charge in [0.25, 0.3) is 12.3 Å². The van der Waals surface area contributed by atoms with E-state index < -0.39 is 30.0 Å². The number of nitrogens with zero attached hydrogens (tertiary/aromatic N) is 3. The molecule has 2 amide bonds. The fourth-order valence-corrected chi connectivity index (χ4v) is 4.08. The zero-order chi connectivity index (χ0) is 23.5. The van der Waals surface area contributed by atoms with Crippen LogP contribution in [-0.2, 0) is 9.53 Å². The number of esters is 1.